The van der Waals surface area contributed by atoms with Gasteiger partial charge >= 0.3 is 5.97 Å². The summed E-state index contributed by atoms with van der Waals surface area (Å²) in [5.41, 5.74) is 2.67. The number of nitrogens with zero attached hydrogens (tertiary/aromatic N) is 4. The third-order valence-corrected chi connectivity index (χ3v) is 5.77. The van der Waals surface area contributed by atoms with Gasteiger partial charge in [0.2, 0.25) is 0 Å². The van der Waals surface area contributed by atoms with Gasteiger partial charge in [-0.25, -0.2) is 9.78 Å². The number of pyridine rings is 1. The summed E-state index contributed by atoms with van der Waals surface area (Å²) in [5, 5.41) is 6.77. The molecule has 33 heavy (non-hydrogen) atoms. The fourth-order valence-corrected chi connectivity index (χ4v) is 4.14. The fourth-order valence-electron chi connectivity index (χ4n) is 3.24. The monoisotopic (exact) mass is 452 g/mol. The Bertz CT molecular complexity index is 1510. The lowest BCUT2D eigenvalue weighted by Crippen LogP contribution is -2.16. The number of aromatic nitrogens is 3. The molecule has 3 heterocycles. The number of hydrogen-bond donors (Lipinski definition) is 0. The molecule has 0 fully saturated rings. The highest BCUT2D eigenvalue weighted by Gasteiger charge is 2.13. The van der Waals surface area contributed by atoms with Crippen LogP contribution < -0.4 is 10.3 Å². The first-order valence-corrected chi connectivity index (χ1v) is 10.9. The van der Waals surface area contributed by atoms with Gasteiger partial charge in [-0.05, 0) is 47.5 Å². The zero-order chi connectivity index (χ0) is 22.6. The summed E-state index contributed by atoms with van der Waals surface area (Å²) in [6, 6.07) is 19.8. The van der Waals surface area contributed by atoms with E-state index >= 15 is 0 Å². The van der Waals surface area contributed by atoms with Gasteiger partial charge in [0, 0.05) is 23.3 Å². The van der Waals surface area contributed by atoms with Crippen molar-refractivity contribution in [1.82, 2.24) is 14.6 Å². The van der Waals surface area contributed by atoms with E-state index in [1.54, 1.807) is 48.8 Å². The first-order chi connectivity index (χ1) is 16.2. The number of ether oxygens (including phenoxy) is 1. The van der Waals surface area contributed by atoms with Crippen molar-refractivity contribution in [2.24, 2.45) is 5.10 Å². The highest BCUT2D eigenvalue weighted by molar-refractivity contribution is 7.17. The molecule has 0 aliphatic heterocycles. The van der Waals surface area contributed by atoms with Gasteiger partial charge in [0.05, 0.1) is 17.2 Å². The van der Waals surface area contributed by atoms with Gasteiger partial charge in [-0.15, -0.1) is 11.3 Å². The summed E-state index contributed by atoms with van der Waals surface area (Å²) in [6.07, 6.45) is 6.00. The maximum Gasteiger partial charge on any atom is 0.345 e. The third kappa shape index (κ3) is 4.32. The van der Waals surface area contributed by atoms with E-state index in [1.165, 1.54) is 28.5 Å². The molecule has 0 N–H and O–H groups in total. The molecule has 5 rings (SSSR count). The maximum absolute atomic E-state index is 13.1. The normalized spacial score (nSPS) is 11.2. The number of thiophene rings is 1. The first-order valence-electron chi connectivity index (χ1n) is 10.00. The lowest BCUT2D eigenvalue weighted by molar-refractivity contribution is 0.0734. The molecular weight excluding hydrogens is 436 g/mol. The van der Waals surface area contributed by atoms with Crippen molar-refractivity contribution in [2.45, 2.75) is 0 Å². The van der Waals surface area contributed by atoms with Gasteiger partial charge in [0.1, 0.15) is 16.9 Å². The van der Waals surface area contributed by atoms with E-state index in [2.05, 4.69) is 15.1 Å². The third-order valence-electron chi connectivity index (χ3n) is 4.88. The molecule has 0 radical (unpaired) electrons. The van der Waals surface area contributed by atoms with Crippen molar-refractivity contribution in [1.29, 1.82) is 0 Å². The van der Waals surface area contributed by atoms with Crippen molar-refractivity contribution < 1.29 is 9.53 Å². The van der Waals surface area contributed by atoms with Crippen LogP contribution in [0.5, 0.6) is 5.75 Å². The van der Waals surface area contributed by atoms with Gasteiger partial charge in [0.15, 0.2) is 0 Å². The minimum absolute atomic E-state index is 0.238. The lowest BCUT2D eigenvalue weighted by atomic mass is 10.1. The minimum atomic E-state index is -0.486. The molecule has 2 aromatic carbocycles. The van der Waals surface area contributed by atoms with Gasteiger partial charge in [-0.1, -0.05) is 30.3 Å². The number of esters is 1. The Morgan fingerprint density at radius 2 is 1.85 bits per heavy atom. The summed E-state index contributed by atoms with van der Waals surface area (Å²) < 4.78 is 6.56. The molecule has 7 nitrogen and oxygen atoms in total. The first kappa shape index (κ1) is 20.5. The van der Waals surface area contributed by atoms with Gasteiger partial charge < -0.3 is 4.74 Å². The molecule has 8 heteroatoms. The number of fused-ring (bicyclic) bond motifs is 1. The molecule has 0 aliphatic rings. The van der Waals surface area contributed by atoms with Crippen LogP contribution in [-0.2, 0) is 0 Å². The largest absolute Gasteiger partial charge is 0.423 e. The van der Waals surface area contributed by atoms with Crippen molar-refractivity contribution in [3.8, 4) is 16.9 Å². The number of benzene rings is 2. The van der Waals surface area contributed by atoms with Crippen LogP contribution in [0.25, 0.3) is 21.3 Å². The van der Waals surface area contributed by atoms with E-state index in [1.807, 2.05) is 35.7 Å². The second kappa shape index (κ2) is 8.97. The van der Waals surface area contributed by atoms with Crippen LogP contribution >= 0.6 is 11.3 Å². The summed E-state index contributed by atoms with van der Waals surface area (Å²) in [6.45, 7) is 0. The van der Waals surface area contributed by atoms with E-state index in [-0.39, 0.29) is 5.56 Å². The van der Waals surface area contributed by atoms with E-state index in [4.69, 9.17) is 4.74 Å². The molecule has 0 bridgehead atoms. The molecule has 3 aromatic heterocycles. The molecule has 0 saturated heterocycles. The van der Waals surface area contributed by atoms with Crippen molar-refractivity contribution in [3.63, 3.8) is 0 Å². The SMILES string of the molecule is O=C(Oc1ccc(C=Nn2cnc3scc(-c4ccccc4)c3c2=O)cc1)c1cccnc1. The standard InChI is InChI=1S/C25H16N4O3S/c30-24-22-21(18-5-2-1-3-6-18)15-33-23(22)27-16-29(24)28-13-17-8-10-20(11-9-17)32-25(31)19-7-4-12-26-14-19/h1-16H. The summed E-state index contributed by atoms with van der Waals surface area (Å²) >= 11 is 1.43. The Balaban J connectivity index is 1.37. The smallest absolute Gasteiger partial charge is 0.345 e. The molecule has 0 amide bonds. The second-order valence-electron chi connectivity index (χ2n) is 7.03. The lowest BCUT2D eigenvalue weighted by Gasteiger charge is -2.04. The molecule has 0 saturated carbocycles. The zero-order valence-corrected chi connectivity index (χ0v) is 18.0. The Labute approximate surface area is 192 Å². The Morgan fingerprint density at radius 3 is 2.61 bits per heavy atom. The zero-order valence-electron chi connectivity index (χ0n) is 17.2. The van der Waals surface area contributed by atoms with Gasteiger partial charge in [-0.2, -0.15) is 9.78 Å². The number of carbonyl (C=O) groups is 1. The van der Waals surface area contributed by atoms with E-state index in [0.29, 0.717) is 21.5 Å². The number of rotatable bonds is 5. The predicted octanol–water partition coefficient (Wildman–Crippen LogP) is 4.62. The van der Waals surface area contributed by atoms with Crippen molar-refractivity contribution in [2.75, 3.05) is 0 Å². The van der Waals surface area contributed by atoms with Crippen molar-refractivity contribution in [3.05, 3.63) is 112 Å². The average Bonchev–Trinajstić information content (AvgIpc) is 3.31. The molecule has 0 unspecified atom stereocenters. The van der Waals surface area contributed by atoms with Crippen LogP contribution in [-0.4, -0.2) is 26.8 Å². The van der Waals surface area contributed by atoms with Crippen LogP contribution in [0.4, 0.5) is 0 Å². The van der Waals surface area contributed by atoms with E-state index < -0.39 is 5.97 Å². The van der Waals surface area contributed by atoms with Crippen LogP contribution in [0, 0.1) is 0 Å². The molecule has 5 aromatic rings. The highest BCUT2D eigenvalue weighted by atomic mass is 32.1. The summed E-state index contributed by atoms with van der Waals surface area (Å²) in [5.74, 6) is -0.0903. The minimum Gasteiger partial charge on any atom is -0.423 e. The quantitative estimate of drug-likeness (QED) is 0.221. The average molecular weight is 452 g/mol. The Morgan fingerprint density at radius 1 is 1.03 bits per heavy atom. The fraction of sp³-hybridized carbons (Fsp3) is 0. The predicted molar refractivity (Wildman–Crippen MR) is 128 cm³/mol. The topological polar surface area (TPSA) is 86.4 Å². The Kier molecular flexibility index (Phi) is 5.57. The molecule has 160 valence electrons. The molecule has 0 spiro atoms. The summed E-state index contributed by atoms with van der Waals surface area (Å²) in [4.78, 5) is 34.2. The van der Waals surface area contributed by atoms with E-state index in [0.717, 1.165) is 16.7 Å². The maximum atomic E-state index is 13.1. The van der Waals surface area contributed by atoms with E-state index in [9.17, 15) is 9.59 Å². The number of hydrogen-bond acceptors (Lipinski definition) is 7. The van der Waals surface area contributed by atoms with Crippen molar-refractivity contribution >= 4 is 33.7 Å². The highest BCUT2D eigenvalue weighted by Crippen LogP contribution is 2.30. The van der Waals surface area contributed by atoms with Gasteiger partial charge in [0.25, 0.3) is 5.56 Å². The molecular formula is C25H16N4O3S. The Hall–Kier alpha value is -4.43. The van der Waals surface area contributed by atoms with Crippen LogP contribution in [0.1, 0.15) is 15.9 Å². The molecule has 0 atom stereocenters. The van der Waals surface area contributed by atoms with Crippen LogP contribution in [0.15, 0.2) is 101 Å². The van der Waals surface area contributed by atoms with Crippen LogP contribution in [0.3, 0.4) is 0 Å². The summed E-state index contributed by atoms with van der Waals surface area (Å²) in [7, 11) is 0. The molecule has 0 aliphatic carbocycles. The van der Waals surface area contributed by atoms with Gasteiger partial charge in [-0.3, -0.25) is 9.78 Å². The van der Waals surface area contributed by atoms with Crippen LogP contribution in [0.2, 0.25) is 0 Å². The second-order valence-corrected chi connectivity index (χ2v) is 7.89. The number of carbonyl (C=O) groups excluding carboxylic acids is 1.